The van der Waals surface area contributed by atoms with Gasteiger partial charge in [0.15, 0.2) is 11.5 Å². The average molecular weight is 431 g/mol. The molecular formula is C22H23F2N3O4. The fraction of sp³-hybridized carbons (Fsp3) is 0.318. The summed E-state index contributed by atoms with van der Waals surface area (Å²) in [5.74, 6) is -0.614. The van der Waals surface area contributed by atoms with Gasteiger partial charge in [0.25, 0.3) is 0 Å². The number of amides is 2. The molecule has 7 nitrogen and oxygen atoms in total. The van der Waals surface area contributed by atoms with Gasteiger partial charge in [-0.15, -0.1) is 0 Å². The molecular weight excluding hydrogens is 408 g/mol. The van der Waals surface area contributed by atoms with Gasteiger partial charge in [-0.25, -0.2) is 0 Å². The van der Waals surface area contributed by atoms with E-state index in [0.29, 0.717) is 11.3 Å². The first kappa shape index (κ1) is 23.6. The quantitative estimate of drug-likeness (QED) is 0.587. The highest BCUT2D eigenvalue weighted by Crippen LogP contribution is 2.29. The highest BCUT2D eigenvalue weighted by Gasteiger charge is 2.17. The zero-order chi connectivity index (χ0) is 22.6. The van der Waals surface area contributed by atoms with E-state index >= 15 is 0 Å². The SMILES string of the molecule is COc1ccc(CNC(=O)CCC(=O)N(CCC#N)c2ccccc2)cc1OC(F)F. The number of halogens is 2. The zero-order valence-corrected chi connectivity index (χ0v) is 17.0. The second-order valence-corrected chi connectivity index (χ2v) is 6.43. The van der Waals surface area contributed by atoms with Crippen LogP contribution in [0, 0.1) is 11.3 Å². The number of alkyl halides is 2. The summed E-state index contributed by atoms with van der Waals surface area (Å²) in [7, 11) is 1.33. The predicted molar refractivity (Wildman–Crippen MR) is 110 cm³/mol. The zero-order valence-electron chi connectivity index (χ0n) is 17.0. The lowest BCUT2D eigenvalue weighted by Gasteiger charge is -2.21. The van der Waals surface area contributed by atoms with E-state index in [0.717, 1.165) is 0 Å². The minimum absolute atomic E-state index is 0.0332. The number of para-hydroxylation sites is 1. The molecule has 9 heteroatoms. The Bertz CT molecular complexity index is 917. The van der Waals surface area contributed by atoms with Crippen LogP contribution in [0.2, 0.25) is 0 Å². The van der Waals surface area contributed by atoms with Crippen molar-refractivity contribution < 1.29 is 27.8 Å². The molecule has 0 atom stereocenters. The number of carbonyl (C=O) groups is 2. The van der Waals surface area contributed by atoms with Gasteiger partial charge in [0, 0.05) is 31.6 Å². The smallest absolute Gasteiger partial charge is 0.387 e. The number of benzene rings is 2. The van der Waals surface area contributed by atoms with Crippen molar-refractivity contribution in [3.05, 3.63) is 54.1 Å². The molecule has 2 rings (SSSR count). The van der Waals surface area contributed by atoms with Crippen molar-refractivity contribution in [3.8, 4) is 17.6 Å². The fourth-order valence-electron chi connectivity index (χ4n) is 2.83. The van der Waals surface area contributed by atoms with Crippen molar-refractivity contribution in [2.45, 2.75) is 32.4 Å². The van der Waals surface area contributed by atoms with E-state index in [1.807, 2.05) is 12.1 Å². The summed E-state index contributed by atoms with van der Waals surface area (Å²) in [6, 6.07) is 15.4. The molecule has 2 amide bonds. The van der Waals surface area contributed by atoms with Gasteiger partial charge in [0.1, 0.15) is 0 Å². The Balaban J connectivity index is 1.91. The van der Waals surface area contributed by atoms with Gasteiger partial charge in [-0.05, 0) is 29.8 Å². The van der Waals surface area contributed by atoms with Gasteiger partial charge in [-0.3, -0.25) is 9.59 Å². The Hall–Kier alpha value is -3.67. The number of rotatable bonds is 11. The molecule has 0 spiro atoms. The molecule has 0 radical (unpaired) electrons. The second-order valence-electron chi connectivity index (χ2n) is 6.43. The molecule has 0 unspecified atom stereocenters. The second kappa shape index (κ2) is 12.1. The molecule has 31 heavy (non-hydrogen) atoms. The third kappa shape index (κ3) is 7.59. The van der Waals surface area contributed by atoms with E-state index in [1.54, 1.807) is 30.3 Å². The topological polar surface area (TPSA) is 91.7 Å². The van der Waals surface area contributed by atoms with E-state index in [9.17, 15) is 18.4 Å². The van der Waals surface area contributed by atoms with Crippen LogP contribution in [0.25, 0.3) is 0 Å². The van der Waals surface area contributed by atoms with Gasteiger partial charge in [0.05, 0.1) is 19.6 Å². The molecule has 0 heterocycles. The summed E-state index contributed by atoms with van der Waals surface area (Å²) in [4.78, 5) is 26.2. The summed E-state index contributed by atoms with van der Waals surface area (Å²) in [5, 5.41) is 11.5. The van der Waals surface area contributed by atoms with Crippen molar-refractivity contribution in [2.75, 3.05) is 18.6 Å². The lowest BCUT2D eigenvalue weighted by atomic mass is 10.2. The van der Waals surface area contributed by atoms with Crippen LogP contribution in [0.1, 0.15) is 24.8 Å². The lowest BCUT2D eigenvalue weighted by Crippen LogP contribution is -2.33. The molecule has 0 saturated heterocycles. The van der Waals surface area contributed by atoms with Crippen LogP contribution < -0.4 is 19.7 Å². The molecule has 2 aromatic rings. The third-order valence-electron chi connectivity index (χ3n) is 4.32. The van der Waals surface area contributed by atoms with Gasteiger partial charge in [0.2, 0.25) is 11.8 Å². The number of hydrogen-bond acceptors (Lipinski definition) is 5. The minimum Gasteiger partial charge on any atom is -0.493 e. The van der Waals surface area contributed by atoms with Gasteiger partial charge in [-0.1, -0.05) is 24.3 Å². The number of nitrogens with one attached hydrogen (secondary N) is 1. The number of anilines is 1. The Morgan fingerprint density at radius 1 is 1.13 bits per heavy atom. The van der Waals surface area contributed by atoms with Gasteiger partial charge >= 0.3 is 6.61 Å². The van der Waals surface area contributed by atoms with Crippen molar-refractivity contribution >= 4 is 17.5 Å². The van der Waals surface area contributed by atoms with Crippen molar-refractivity contribution in [1.29, 1.82) is 5.26 Å². The van der Waals surface area contributed by atoms with Crippen LogP contribution in [0.5, 0.6) is 11.5 Å². The van der Waals surface area contributed by atoms with Crippen LogP contribution in [0.15, 0.2) is 48.5 Å². The van der Waals surface area contributed by atoms with E-state index in [1.165, 1.54) is 24.1 Å². The molecule has 0 aliphatic heterocycles. The van der Waals surface area contributed by atoms with Crippen LogP contribution in [-0.4, -0.2) is 32.1 Å². The highest BCUT2D eigenvalue weighted by molar-refractivity contribution is 5.95. The normalized spacial score (nSPS) is 10.3. The summed E-state index contributed by atoms with van der Waals surface area (Å²) >= 11 is 0. The predicted octanol–water partition coefficient (Wildman–Crippen LogP) is 3.64. The molecule has 0 aliphatic rings. The van der Waals surface area contributed by atoms with Crippen molar-refractivity contribution in [3.63, 3.8) is 0 Å². The molecule has 0 saturated carbocycles. The number of ether oxygens (including phenoxy) is 2. The van der Waals surface area contributed by atoms with Crippen molar-refractivity contribution in [2.24, 2.45) is 0 Å². The maximum atomic E-state index is 12.6. The Morgan fingerprint density at radius 2 is 1.87 bits per heavy atom. The van der Waals surface area contributed by atoms with Gasteiger partial charge < -0.3 is 19.7 Å². The van der Waals surface area contributed by atoms with E-state index in [-0.39, 0.29) is 55.7 Å². The summed E-state index contributed by atoms with van der Waals surface area (Å²) in [5.41, 5.74) is 1.20. The number of carbonyl (C=O) groups excluding carboxylic acids is 2. The average Bonchev–Trinajstić information content (AvgIpc) is 2.77. The molecule has 2 aromatic carbocycles. The van der Waals surface area contributed by atoms with Crippen LogP contribution in [-0.2, 0) is 16.1 Å². The monoisotopic (exact) mass is 431 g/mol. The van der Waals surface area contributed by atoms with Crippen LogP contribution >= 0.6 is 0 Å². The van der Waals surface area contributed by atoms with Gasteiger partial charge in [-0.2, -0.15) is 14.0 Å². The summed E-state index contributed by atoms with van der Waals surface area (Å²) < 4.78 is 34.4. The first-order valence-corrected chi connectivity index (χ1v) is 9.55. The molecule has 0 aromatic heterocycles. The number of nitrogens with zero attached hydrogens (tertiary/aromatic N) is 2. The maximum absolute atomic E-state index is 12.6. The maximum Gasteiger partial charge on any atom is 0.387 e. The number of methoxy groups -OCH3 is 1. The third-order valence-corrected chi connectivity index (χ3v) is 4.32. The van der Waals surface area contributed by atoms with E-state index in [2.05, 4.69) is 10.1 Å². The molecule has 1 N–H and O–H groups in total. The first-order chi connectivity index (χ1) is 14.9. The number of nitriles is 1. The fourth-order valence-corrected chi connectivity index (χ4v) is 2.83. The molecule has 0 fully saturated rings. The highest BCUT2D eigenvalue weighted by atomic mass is 19.3. The van der Waals surface area contributed by atoms with Crippen LogP contribution in [0.3, 0.4) is 0 Å². The molecule has 164 valence electrons. The van der Waals surface area contributed by atoms with E-state index in [4.69, 9.17) is 10.00 Å². The Morgan fingerprint density at radius 3 is 2.52 bits per heavy atom. The minimum atomic E-state index is -3.00. The summed E-state index contributed by atoms with van der Waals surface area (Å²) in [6.07, 6.45) is 0.0904. The van der Waals surface area contributed by atoms with Crippen molar-refractivity contribution in [1.82, 2.24) is 5.32 Å². The van der Waals surface area contributed by atoms with Crippen LogP contribution in [0.4, 0.5) is 14.5 Å². The Kier molecular flexibility index (Phi) is 9.23. The Labute approximate surface area is 179 Å². The molecule has 0 bridgehead atoms. The molecule has 0 aliphatic carbocycles. The first-order valence-electron chi connectivity index (χ1n) is 9.55. The number of hydrogen-bond donors (Lipinski definition) is 1. The largest absolute Gasteiger partial charge is 0.493 e. The van der Waals surface area contributed by atoms with E-state index < -0.39 is 6.61 Å². The lowest BCUT2D eigenvalue weighted by molar-refractivity contribution is -0.125. The summed E-state index contributed by atoms with van der Waals surface area (Å²) in [6.45, 7) is -2.69. The standard InChI is InChI=1S/C22H23F2N3O4/c1-30-18-9-8-16(14-19(18)31-22(23)24)15-26-20(28)10-11-21(29)27(13-5-12-25)17-6-3-2-4-7-17/h2-4,6-9,14,22H,5,10-11,13,15H2,1H3,(H,26,28).